The molecular formula is C42H32N2O6. The van der Waals surface area contributed by atoms with Crippen molar-refractivity contribution in [1.29, 1.82) is 0 Å². The monoisotopic (exact) mass is 660 g/mol. The Morgan fingerprint density at radius 3 is 1.18 bits per heavy atom. The molecule has 0 N–H and O–H groups in total. The molecule has 9 rings (SSSR count). The molecular weight excluding hydrogens is 628 g/mol. The van der Waals surface area contributed by atoms with Crippen LogP contribution in [0.15, 0.2) is 109 Å². The van der Waals surface area contributed by atoms with Gasteiger partial charge in [0.15, 0.2) is 11.6 Å². The normalized spacial score (nSPS) is 30.2. The third kappa shape index (κ3) is 4.65. The van der Waals surface area contributed by atoms with Crippen LogP contribution in [0.5, 0.6) is 0 Å². The summed E-state index contributed by atoms with van der Waals surface area (Å²) in [5.74, 6) is -1.95. The molecule has 2 aliphatic heterocycles. The first-order chi connectivity index (χ1) is 24.3. The number of hydrogen-bond acceptors (Lipinski definition) is 6. The summed E-state index contributed by atoms with van der Waals surface area (Å²) in [6.45, 7) is 0. The van der Waals surface area contributed by atoms with Crippen molar-refractivity contribution in [2.24, 2.45) is 47.3 Å². The van der Waals surface area contributed by atoms with Gasteiger partial charge >= 0.3 is 0 Å². The van der Waals surface area contributed by atoms with Crippen LogP contribution in [0.2, 0.25) is 0 Å². The van der Waals surface area contributed by atoms with E-state index in [0.717, 1.165) is 24.0 Å². The molecule has 8 heteroatoms. The number of imide groups is 2. The number of benzene rings is 3. The van der Waals surface area contributed by atoms with Crippen LogP contribution in [0.25, 0.3) is 12.2 Å². The number of fused-ring (bicyclic) bond motifs is 10. The highest BCUT2D eigenvalue weighted by Gasteiger charge is 2.60. The van der Waals surface area contributed by atoms with Crippen LogP contribution in [0, 0.1) is 47.3 Å². The van der Waals surface area contributed by atoms with E-state index in [-0.39, 0.29) is 82.5 Å². The number of hydrogen-bond donors (Lipinski definition) is 0. The van der Waals surface area contributed by atoms with Crippen LogP contribution < -0.4 is 9.80 Å². The molecule has 50 heavy (non-hydrogen) atoms. The smallest absolute Gasteiger partial charge is 0.238 e. The zero-order chi connectivity index (χ0) is 34.3. The topological polar surface area (TPSA) is 109 Å². The Balaban J connectivity index is 0.841. The van der Waals surface area contributed by atoms with Gasteiger partial charge in [-0.3, -0.25) is 28.8 Å². The molecule has 0 radical (unpaired) electrons. The fraction of sp³-hybridized carbons (Fsp3) is 0.238. The van der Waals surface area contributed by atoms with Gasteiger partial charge in [0.25, 0.3) is 0 Å². The third-order valence-corrected chi connectivity index (χ3v) is 11.5. The summed E-state index contributed by atoms with van der Waals surface area (Å²) in [7, 11) is 0. The maximum atomic E-state index is 13.2. The second-order valence-corrected chi connectivity index (χ2v) is 14.2. The van der Waals surface area contributed by atoms with Crippen molar-refractivity contribution in [2.45, 2.75) is 12.8 Å². The largest absolute Gasteiger partial charge is 0.289 e. The van der Waals surface area contributed by atoms with Gasteiger partial charge in [0.05, 0.1) is 35.0 Å². The number of anilines is 2. The summed E-state index contributed by atoms with van der Waals surface area (Å²) in [5.41, 5.74) is 3.17. The summed E-state index contributed by atoms with van der Waals surface area (Å²) in [6.07, 6.45) is 16.2. The average Bonchev–Trinajstić information content (AvgIpc) is 3.99. The third-order valence-electron chi connectivity index (χ3n) is 11.5. The van der Waals surface area contributed by atoms with E-state index >= 15 is 0 Å². The van der Waals surface area contributed by atoms with Crippen molar-refractivity contribution in [2.75, 3.05) is 9.80 Å². The van der Waals surface area contributed by atoms with E-state index in [2.05, 4.69) is 24.3 Å². The fourth-order valence-electron chi connectivity index (χ4n) is 9.16. The van der Waals surface area contributed by atoms with E-state index in [1.807, 2.05) is 24.3 Å². The van der Waals surface area contributed by atoms with Crippen LogP contribution in [0.3, 0.4) is 0 Å². The Labute approximate surface area is 288 Å². The molecule has 4 aliphatic carbocycles. The van der Waals surface area contributed by atoms with Gasteiger partial charge in [0, 0.05) is 11.1 Å². The zero-order valence-corrected chi connectivity index (χ0v) is 26.9. The molecule has 3 aromatic rings. The lowest BCUT2D eigenvalue weighted by molar-refractivity contribution is -0.124. The lowest BCUT2D eigenvalue weighted by Crippen LogP contribution is -2.32. The van der Waals surface area contributed by atoms with Gasteiger partial charge < -0.3 is 0 Å². The molecule has 8 nitrogen and oxygen atoms in total. The fourth-order valence-corrected chi connectivity index (χ4v) is 9.16. The van der Waals surface area contributed by atoms with E-state index in [9.17, 15) is 28.8 Å². The number of amides is 4. The highest BCUT2D eigenvalue weighted by Crippen LogP contribution is 2.54. The summed E-state index contributed by atoms with van der Waals surface area (Å²) in [6, 6.07) is 20.6. The molecule has 0 spiro atoms. The summed E-state index contributed by atoms with van der Waals surface area (Å²) in [4.78, 5) is 81.6. The first-order valence-corrected chi connectivity index (χ1v) is 17.1. The van der Waals surface area contributed by atoms with Crippen molar-refractivity contribution in [1.82, 2.24) is 0 Å². The average molecular weight is 661 g/mol. The van der Waals surface area contributed by atoms with Gasteiger partial charge in [-0.15, -0.1) is 0 Å². The van der Waals surface area contributed by atoms with Crippen molar-refractivity contribution in [3.63, 3.8) is 0 Å². The summed E-state index contributed by atoms with van der Waals surface area (Å²) in [5, 5.41) is 0. The number of ketones is 2. The highest BCUT2D eigenvalue weighted by molar-refractivity contribution is 6.24. The van der Waals surface area contributed by atoms with E-state index in [1.54, 1.807) is 60.7 Å². The maximum absolute atomic E-state index is 13.2. The van der Waals surface area contributed by atoms with Crippen LogP contribution >= 0.6 is 0 Å². The molecule has 2 heterocycles. The standard InChI is InChI=1S/C42H32N2O6/c45-33(25-3-1-5-31(21-25)43-39(47)35-27-13-14-28(19-27)36(35)40(43)48)17-11-23-7-9-24(10-8-23)12-18-34(46)26-4-2-6-32(22-26)44-41(49)37-29-15-16-30(20-29)38(37)42(44)50/h1-18,21-22,27-30,35-38H,19-20H2/b17-11+,18-12+. The lowest BCUT2D eigenvalue weighted by Gasteiger charge is -2.17. The Morgan fingerprint density at radius 2 is 0.840 bits per heavy atom. The summed E-state index contributed by atoms with van der Waals surface area (Å²) >= 11 is 0. The Kier molecular flexibility index (Phi) is 6.91. The van der Waals surface area contributed by atoms with Gasteiger partial charge in [-0.2, -0.15) is 0 Å². The van der Waals surface area contributed by atoms with Gasteiger partial charge in [-0.1, -0.05) is 85.0 Å². The number of carbonyl (C=O) groups is 6. The number of carbonyl (C=O) groups excluding carboxylic acids is 6. The second-order valence-electron chi connectivity index (χ2n) is 14.2. The van der Waals surface area contributed by atoms with E-state index in [0.29, 0.717) is 22.5 Å². The zero-order valence-electron chi connectivity index (χ0n) is 26.9. The van der Waals surface area contributed by atoms with E-state index in [4.69, 9.17) is 0 Å². The molecule has 4 fully saturated rings. The van der Waals surface area contributed by atoms with Gasteiger partial charge in [0.2, 0.25) is 23.6 Å². The second kappa shape index (κ2) is 11.4. The molecule has 4 amide bonds. The Hall–Kier alpha value is -5.76. The predicted octanol–water partition coefficient (Wildman–Crippen LogP) is 6.10. The molecule has 0 aromatic heterocycles. The first kappa shape index (κ1) is 30.3. The maximum Gasteiger partial charge on any atom is 0.238 e. The highest BCUT2D eigenvalue weighted by atomic mass is 16.2. The Bertz CT molecular complexity index is 1950. The Morgan fingerprint density at radius 1 is 0.500 bits per heavy atom. The summed E-state index contributed by atoms with van der Waals surface area (Å²) < 4.78 is 0. The quantitative estimate of drug-likeness (QED) is 0.125. The minimum atomic E-state index is -0.300. The van der Waals surface area contributed by atoms with Crippen molar-refractivity contribution in [3.8, 4) is 0 Å². The molecule has 2 saturated heterocycles. The minimum Gasteiger partial charge on any atom is -0.289 e. The molecule has 4 bridgehead atoms. The molecule has 6 aliphatic rings. The van der Waals surface area contributed by atoms with Gasteiger partial charge in [-0.05, 0) is 84.1 Å². The van der Waals surface area contributed by atoms with Gasteiger partial charge in [0.1, 0.15) is 0 Å². The molecule has 2 saturated carbocycles. The molecule has 8 unspecified atom stereocenters. The predicted molar refractivity (Wildman–Crippen MR) is 186 cm³/mol. The van der Waals surface area contributed by atoms with E-state index in [1.165, 1.54) is 22.0 Å². The van der Waals surface area contributed by atoms with Crippen molar-refractivity contribution in [3.05, 3.63) is 132 Å². The lowest BCUT2D eigenvalue weighted by atomic mass is 9.85. The SMILES string of the molecule is O=C(/C=C/c1ccc(/C=C/C(=O)c2cccc(N3C(=O)C4C5C=CC(C5)C4C3=O)c2)cc1)c1cccc(N2C(=O)C3C4C=CC(C4)C3C2=O)c1. The van der Waals surface area contributed by atoms with Crippen LogP contribution in [-0.4, -0.2) is 35.2 Å². The minimum absolute atomic E-state index is 0.118. The molecule has 8 atom stereocenters. The molecule has 246 valence electrons. The number of nitrogens with zero attached hydrogens (tertiary/aromatic N) is 2. The van der Waals surface area contributed by atoms with Crippen LogP contribution in [0.1, 0.15) is 44.7 Å². The number of rotatable bonds is 8. The first-order valence-electron chi connectivity index (χ1n) is 17.1. The number of allylic oxidation sites excluding steroid dienone is 6. The van der Waals surface area contributed by atoms with Gasteiger partial charge in [-0.25, -0.2) is 9.80 Å². The van der Waals surface area contributed by atoms with Crippen LogP contribution in [0.4, 0.5) is 11.4 Å². The van der Waals surface area contributed by atoms with Crippen LogP contribution in [-0.2, 0) is 19.2 Å². The van der Waals surface area contributed by atoms with Crippen molar-refractivity contribution >= 4 is 58.7 Å². The van der Waals surface area contributed by atoms with E-state index < -0.39 is 0 Å². The molecule has 3 aromatic carbocycles. The van der Waals surface area contributed by atoms with Crippen molar-refractivity contribution < 1.29 is 28.8 Å².